The van der Waals surface area contributed by atoms with E-state index >= 15 is 0 Å². The normalized spacial score (nSPS) is 12.8. The van der Waals surface area contributed by atoms with Crippen molar-refractivity contribution in [2.45, 2.75) is 84.5 Å². The molecule has 0 aliphatic heterocycles. The third kappa shape index (κ3) is 15.9. The number of unbranched alkanes of at least 4 members (excludes halogenated alkanes) is 8. The van der Waals surface area contributed by atoms with Crippen molar-refractivity contribution in [3.63, 3.8) is 0 Å². The largest absolute Gasteiger partial charge is 0.381 e. The topological polar surface area (TPSA) is 35.2 Å². The molecule has 0 amide bonds. The molecule has 0 rings (SSSR count). The monoisotopic (exact) mass is 271 g/mol. The first-order valence-electron chi connectivity index (χ1n) is 8.59. The van der Waals surface area contributed by atoms with Gasteiger partial charge in [-0.2, -0.15) is 0 Å². The molecule has 2 nitrogen and oxygen atoms in total. The number of rotatable bonds is 15. The molecule has 19 heavy (non-hydrogen) atoms. The standard InChI is InChI=1S/C17H37NO/c1-3-4-5-8-11-14-19-15-12-9-6-7-10-13-17(2)16-18/h17H,3-16,18H2,1-2H3/t17-/m0/s1. The Morgan fingerprint density at radius 2 is 1.32 bits per heavy atom. The van der Waals surface area contributed by atoms with Gasteiger partial charge in [-0.25, -0.2) is 0 Å². The minimum absolute atomic E-state index is 0.705. The zero-order valence-corrected chi connectivity index (χ0v) is 13.5. The minimum Gasteiger partial charge on any atom is -0.381 e. The van der Waals surface area contributed by atoms with Gasteiger partial charge >= 0.3 is 0 Å². The number of hydrogen-bond donors (Lipinski definition) is 1. The third-order valence-corrected chi connectivity index (χ3v) is 3.78. The summed E-state index contributed by atoms with van der Waals surface area (Å²) in [6, 6.07) is 0. The van der Waals surface area contributed by atoms with E-state index in [-0.39, 0.29) is 0 Å². The van der Waals surface area contributed by atoms with Crippen molar-refractivity contribution in [3.05, 3.63) is 0 Å². The Morgan fingerprint density at radius 3 is 1.89 bits per heavy atom. The molecule has 0 saturated carbocycles. The van der Waals surface area contributed by atoms with Gasteiger partial charge in [0.05, 0.1) is 0 Å². The smallest absolute Gasteiger partial charge is 0.0466 e. The molecule has 0 saturated heterocycles. The molecule has 1 atom stereocenters. The Kier molecular flexibility index (Phi) is 15.9. The molecule has 116 valence electrons. The first-order chi connectivity index (χ1) is 9.31. The molecule has 0 aromatic carbocycles. The summed E-state index contributed by atoms with van der Waals surface area (Å²) in [5.41, 5.74) is 5.60. The Morgan fingerprint density at radius 1 is 0.789 bits per heavy atom. The number of nitrogens with two attached hydrogens (primary N) is 1. The number of hydrogen-bond acceptors (Lipinski definition) is 2. The van der Waals surface area contributed by atoms with Crippen LogP contribution in [0.3, 0.4) is 0 Å². The summed E-state index contributed by atoms with van der Waals surface area (Å²) in [5, 5.41) is 0. The molecule has 0 aromatic rings. The van der Waals surface area contributed by atoms with Crippen molar-refractivity contribution in [1.29, 1.82) is 0 Å². The third-order valence-electron chi connectivity index (χ3n) is 3.78. The molecule has 0 unspecified atom stereocenters. The van der Waals surface area contributed by atoms with Crippen molar-refractivity contribution >= 4 is 0 Å². The molecule has 0 radical (unpaired) electrons. The first-order valence-corrected chi connectivity index (χ1v) is 8.59. The van der Waals surface area contributed by atoms with Gasteiger partial charge in [0.1, 0.15) is 0 Å². The van der Waals surface area contributed by atoms with Gasteiger partial charge in [0.15, 0.2) is 0 Å². The van der Waals surface area contributed by atoms with Gasteiger partial charge in [-0.05, 0) is 31.7 Å². The SMILES string of the molecule is CCCCCCCOCCCCCCC[C@H](C)CN. The highest BCUT2D eigenvalue weighted by Crippen LogP contribution is 2.10. The van der Waals surface area contributed by atoms with E-state index in [1.807, 2.05) is 0 Å². The second-order valence-electron chi connectivity index (χ2n) is 5.92. The maximum atomic E-state index is 5.66. The van der Waals surface area contributed by atoms with Crippen LogP contribution in [-0.4, -0.2) is 19.8 Å². The van der Waals surface area contributed by atoms with Crippen LogP contribution < -0.4 is 5.73 Å². The van der Waals surface area contributed by atoms with Gasteiger partial charge in [-0.3, -0.25) is 0 Å². The molecule has 0 heterocycles. The highest BCUT2D eigenvalue weighted by molar-refractivity contribution is 4.53. The number of ether oxygens (including phenoxy) is 1. The van der Waals surface area contributed by atoms with E-state index in [0.717, 1.165) is 19.8 Å². The van der Waals surface area contributed by atoms with Crippen molar-refractivity contribution < 1.29 is 4.74 Å². The average Bonchev–Trinajstić information content (AvgIpc) is 2.43. The van der Waals surface area contributed by atoms with Crippen molar-refractivity contribution in [2.24, 2.45) is 11.7 Å². The Labute approximate surface area is 121 Å². The Hall–Kier alpha value is -0.0800. The van der Waals surface area contributed by atoms with E-state index in [1.54, 1.807) is 0 Å². The summed E-state index contributed by atoms with van der Waals surface area (Å²) in [6.45, 7) is 7.28. The van der Waals surface area contributed by atoms with Gasteiger partial charge in [-0.15, -0.1) is 0 Å². The highest BCUT2D eigenvalue weighted by atomic mass is 16.5. The summed E-state index contributed by atoms with van der Waals surface area (Å²) < 4.78 is 5.66. The van der Waals surface area contributed by atoms with Crippen LogP contribution in [-0.2, 0) is 4.74 Å². The highest BCUT2D eigenvalue weighted by Gasteiger charge is 1.98. The van der Waals surface area contributed by atoms with Crippen LogP contribution in [0.2, 0.25) is 0 Å². The van der Waals surface area contributed by atoms with E-state index in [2.05, 4.69) is 13.8 Å². The molecule has 0 aliphatic rings. The quantitative estimate of drug-likeness (QED) is 0.430. The lowest BCUT2D eigenvalue weighted by Gasteiger charge is -2.07. The van der Waals surface area contributed by atoms with Gasteiger partial charge < -0.3 is 10.5 Å². The average molecular weight is 271 g/mol. The Balaban J connectivity index is 2.95. The molecule has 0 aromatic heterocycles. The minimum atomic E-state index is 0.705. The second-order valence-corrected chi connectivity index (χ2v) is 5.92. The molecule has 0 aliphatic carbocycles. The lowest BCUT2D eigenvalue weighted by molar-refractivity contribution is 0.125. The van der Waals surface area contributed by atoms with Gasteiger partial charge in [0.2, 0.25) is 0 Å². The van der Waals surface area contributed by atoms with Crippen LogP contribution in [0.4, 0.5) is 0 Å². The molecule has 0 spiro atoms. The predicted molar refractivity (Wildman–Crippen MR) is 85.5 cm³/mol. The molecule has 2 heteroatoms. The van der Waals surface area contributed by atoms with Gasteiger partial charge in [0.25, 0.3) is 0 Å². The van der Waals surface area contributed by atoms with Crippen LogP contribution in [0.1, 0.15) is 84.5 Å². The fourth-order valence-corrected chi connectivity index (χ4v) is 2.25. The molecule has 2 N–H and O–H groups in total. The van der Waals surface area contributed by atoms with E-state index in [4.69, 9.17) is 10.5 Å². The summed E-state index contributed by atoms with van der Waals surface area (Å²) in [4.78, 5) is 0. The van der Waals surface area contributed by atoms with Crippen molar-refractivity contribution in [2.75, 3.05) is 19.8 Å². The summed E-state index contributed by atoms with van der Waals surface area (Å²) in [5.74, 6) is 0.705. The molecular weight excluding hydrogens is 234 g/mol. The van der Waals surface area contributed by atoms with Crippen LogP contribution in [0.25, 0.3) is 0 Å². The van der Waals surface area contributed by atoms with E-state index in [9.17, 15) is 0 Å². The maximum Gasteiger partial charge on any atom is 0.0466 e. The van der Waals surface area contributed by atoms with E-state index in [1.165, 1.54) is 70.6 Å². The van der Waals surface area contributed by atoms with Gasteiger partial charge in [0, 0.05) is 13.2 Å². The van der Waals surface area contributed by atoms with Crippen LogP contribution in [0, 0.1) is 5.92 Å². The van der Waals surface area contributed by atoms with Crippen molar-refractivity contribution in [3.8, 4) is 0 Å². The molecule has 0 fully saturated rings. The lowest BCUT2D eigenvalue weighted by Crippen LogP contribution is -2.10. The van der Waals surface area contributed by atoms with Crippen molar-refractivity contribution in [1.82, 2.24) is 0 Å². The van der Waals surface area contributed by atoms with Crippen LogP contribution >= 0.6 is 0 Å². The summed E-state index contributed by atoms with van der Waals surface area (Å²) in [7, 11) is 0. The van der Waals surface area contributed by atoms with Crippen LogP contribution in [0.15, 0.2) is 0 Å². The van der Waals surface area contributed by atoms with Crippen LogP contribution in [0.5, 0.6) is 0 Å². The second kappa shape index (κ2) is 16.0. The first kappa shape index (κ1) is 18.9. The lowest BCUT2D eigenvalue weighted by atomic mass is 10.0. The van der Waals surface area contributed by atoms with E-state index < -0.39 is 0 Å². The predicted octanol–water partition coefficient (Wildman–Crippen LogP) is 4.91. The molecule has 0 bridgehead atoms. The maximum absolute atomic E-state index is 5.66. The van der Waals surface area contributed by atoms with E-state index in [0.29, 0.717) is 5.92 Å². The Bertz CT molecular complexity index is 161. The zero-order valence-electron chi connectivity index (χ0n) is 13.5. The van der Waals surface area contributed by atoms with Gasteiger partial charge in [-0.1, -0.05) is 65.2 Å². The summed E-state index contributed by atoms with van der Waals surface area (Å²) in [6.07, 6.45) is 14.6. The zero-order chi connectivity index (χ0) is 14.2. The fourth-order valence-electron chi connectivity index (χ4n) is 2.25. The summed E-state index contributed by atoms with van der Waals surface area (Å²) >= 11 is 0. The molecular formula is C17H37NO. The fraction of sp³-hybridized carbons (Fsp3) is 1.00.